The van der Waals surface area contributed by atoms with Crippen LogP contribution in [0.3, 0.4) is 0 Å². The van der Waals surface area contributed by atoms with Crippen molar-refractivity contribution < 1.29 is 23.8 Å². The fourth-order valence-electron chi connectivity index (χ4n) is 4.96. The van der Waals surface area contributed by atoms with E-state index in [1.54, 1.807) is 11.1 Å². The molecule has 1 aliphatic heterocycles. The predicted octanol–water partition coefficient (Wildman–Crippen LogP) is 6.07. The van der Waals surface area contributed by atoms with Gasteiger partial charge in [-0.1, -0.05) is 42.5 Å². The summed E-state index contributed by atoms with van der Waals surface area (Å²) in [4.78, 5) is 33.1. The first-order chi connectivity index (χ1) is 21.7. The summed E-state index contributed by atoms with van der Waals surface area (Å²) in [6.45, 7) is 10.6. The number of nitrogens with zero attached hydrogens (tertiary/aromatic N) is 3. The molecule has 45 heavy (non-hydrogen) atoms. The van der Waals surface area contributed by atoms with Crippen LogP contribution in [0.2, 0.25) is 0 Å². The van der Waals surface area contributed by atoms with Gasteiger partial charge in [0.15, 0.2) is 0 Å². The molecule has 0 aliphatic carbocycles. The number of hydrogen-bond acceptors (Lipinski definition) is 7. The molecule has 3 aromatic carbocycles. The second kappa shape index (κ2) is 14.8. The van der Waals surface area contributed by atoms with Gasteiger partial charge in [0, 0.05) is 49.7 Å². The summed E-state index contributed by atoms with van der Waals surface area (Å²) in [7, 11) is 0. The largest absolute Gasteiger partial charge is 0.492 e. The molecule has 1 saturated heterocycles. The van der Waals surface area contributed by atoms with Gasteiger partial charge in [-0.05, 0) is 62.7 Å². The van der Waals surface area contributed by atoms with Crippen molar-refractivity contribution in [3.8, 4) is 11.5 Å². The molecule has 1 fully saturated rings. The molecule has 0 radical (unpaired) electrons. The zero-order valence-corrected chi connectivity index (χ0v) is 26.1. The third-order valence-electron chi connectivity index (χ3n) is 7.31. The Morgan fingerprint density at radius 2 is 1.58 bits per heavy atom. The molecule has 10 nitrogen and oxygen atoms in total. The molecule has 0 saturated carbocycles. The molecular weight excluding hydrogens is 570 g/mol. The Labute approximate surface area is 264 Å². The van der Waals surface area contributed by atoms with Gasteiger partial charge in [0.2, 0.25) is 0 Å². The lowest BCUT2D eigenvalue weighted by Crippen LogP contribution is -2.50. The lowest BCUT2D eigenvalue weighted by Gasteiger charge is -2.35. The van der Waals surface area contributed by atoms with Crippen LogP contribution in [0.25, 0.3) is 10.8 Å². The zero-order valence-electron chi connectivity index (χ0n) is 26.1. The number of fused-ring (bicyclic) bond motifs is 1. The van der Waals surface area contributed by atoms with Gasteiger partial charge in [-0.15, -0.1) is 0 Å². The molecule has 4 aromatic rings. The van der Waals surface area contributed by atoms with Crippen LogP contribution in [0.4, 0.5) is 15.3 Å². The highest BCUT2D eigenvalue weighted by Gasteiger charge is 2.25. The zero-order chi connectivity index (χ0) is 31.6. The monoisotopic (exact) mass is 611 g/mol. The number of pyridine rings is 1. The van der Waals surface area contributed by atoms with Gasteiger partial charge in [-0.25, -0.2) is 9.59 Å². The first-order valence-electron chi connectivity index (χ1n) is 15.2. The van der Waals surface area contributed by atoms with Crippen LogP contribution < -0.4 is 20.1 Å². The molecule has 2 heterocycles. The van der Waals surface area contributed by atoms with Crippen LogP contribution in [0, 0.1) is 0 Å². The summed E-state index contributed by atoms with van der Waals surface area (Å²) in [6.07, 6.45) is 1.45. The standard InChI is InChI=1S/C35H41N5O5/c1-35(2,3)45-34(42)40-20-18-39(19-21-40)22-23-43-28-13-11-26(12-14-28)25-44-32-16-15-31(29-9-4-5-10-30(29)32)38-33(41)37-24-27-8-6-7-17-36-27/h4-17H,18-25H2,1-3H3,(H2,37,38,41). The van der Waals surface area contributed by atoms with E-state index in [1.807, 2.05) is 99.6 Å². The van der Waals surface area contributed by atoms with Gasteiger partial charge in [0.05, 0.1) is 17.9 Å². The fraction of sp³-hybridized carbons (Fsp3) is 0.343. The van der Waals surface area contributed by atoms with E-state index in [0.717, 1.165) is 53.2 Å². The summed E-state index contributed by atoms with van der Waals surface area (Å²) < 4.78 is 17.7. The summed E-state index contributed by atoms with van der Waals surface area (Å²) >= 11 is 0. The molecule has 1 aromatic heterocycles. The topological polar surface area (TPSA) is 105 Å². The first kappa shape index (κ1) is 31.6. The van der Waals surface area contributed by atoms with E-state index in [1.165, 1.54) is 0 Å². The minimum absolute atomic E-state index is 0.248. The number of urea groups is 1. The number of benzene rings is 3. The Morgan fingerprint density at radius 3 is 2.29 bits per heavy atom. The number of piperazine rings is 1. The SMILES string of the molecule is CC(C)(C)OC(=O)N1CCN(CCOc2ccc(COc3ccc(NC(=O)NCc4ccccn4)c4ccccc34)cc2)CC1. The Balaban J connectivity index is 1.07. The summed E-state index contributed by atoms with van der Waals surface area (Å²) in [6, 6.07) is 24.8. The number of ether oxygens (including phenoxy) is 3. The summed E-state index contributed by atoms with van der Waals surface area (Å²) in [5.74, 6) is 1.53. The lowest BCUT2D eigenvalue weighted by molar-refractivity contribution is 0.0137. The van der Waals surface area contributed by atoms with E-state index >= 15 is 0 Å². The molecule has 236 valence electrons. The minimum atomic E-state index is -0.483. The van der Waals surface area contributed by atoms with Crippen LogP contribution >= 0.6 is 0 Å². The van der Waals surface area contributed by atoms with Crippen molar-refractivity contribution in [1.29, 1.82) is 0 Å². The van der Waals surface area contributed by atoms with Crippen LogP contribution in [-0.4, -0.2) is 71.8 Å². The molecule has 10 heteroatoms. The number of amides is 3. The average molecular weight is 612 g/mol. The van der Waals surface area contributed by atoms with E-state index in [0.29, 0.717) is 38.5 Å². The number of anilines is 1. The second-order valence-corrected chi connectivity index (χ2v) is 11.9. The molecule has 1 aliphatic rings. The van der Waals surface area contributed by atoms with E-state index in [9.17, 15) is 9.59 Å². The summed E-state index contributed by atoms with van der Waals surface area (Å²) in [5, 5.41) is 7.58. The number of carbonyl (C=O) groups is 2. The molecule has 0 spiro atoms. The maximum atomic E-state index is 12.6. The van der Waals surface area contributed by atoms with Crippen molar-refractivity contribution in [1.82, 2.24) is 20.1 Å². The Morgan fingerprint density at radius 1 is 0.844 bits per heavy atom. The van der Waals surface area contributed by atoms with E-state index < -0.39 is 5.60 Å². The van der Waals surface area contributed by atoms with Crippen LogP contribution in [0.15, 0.2) is 85.1 Å². The third kappa shape index (κ3) is 9.33. The van der Waals surface area contributed by atoms with Gasteiger partial charge < -0.3 is 29.7 Å². The normalized spacial score (nSPS) is 13.7. The number of nitrogens with one attached hydrogen (secondary N) is 2. The van der Waals surface area contributed by atoms with Crippen molar-refractivity contribution in [3.63, 3.8) is 0 Å². The molecule has 3 amide bonds. The number of carbonyl (C=O) groups excluding carboxylic acids is 2. The van der Waals surface area contributed by atoms with E-state index in [2.05, 4.69) is 20.5 Å². The first-order valence-corrected chi connectivity index (χ1v) is 15.2. The van der Waals surface area contributed by atoms with Gasteiger partial charge >= 0.3 is 12.1 Å². The second-order valence-electron chi connectivity index (χ2n) is 11.9. The molecule has 0 atom stereocenters. The Kier molecular flexibility index (Phi) is 10.4. The number of aromatic nitrogens is 1. The Bertz CT molecular complexity index is 1570. The van der Waals surface area contributed by atoms with E-state index in [-0.39, 0.29) is 12.1 Å². The van der Waals surface area contributed by atoms with Gasteiger partial charge in [-0.3, -0.25) is 9.88 Å². The maximum absolute atomic E-state index is 12.6. The maximum Gasteiger partial charge on any atom is 0.410 e. The highest BCUT2D eigenvalue weighted by Crippen LogP contribution is 2.32. The molecule has 0 bridgehead atoms. The smallest absolute Gasteiger partial charge is 0.410 e. The van der Waals surface area contributed by atoms with Crippen molar-refractivity contribution in [2.75, 3.05) is 44.6 Å². The third-order valence-corrected chi connectivity index (χ3v) is 7.31. The quantitative estimate of drug-likeness (QED) is 0.224. The highest BCUT2D eigenvalue weighted by atomic mass is 16.6. The number of rotatable bonds is 10. The molecular formula is C35H41N5O5. The lowest BCUT2D eigenvalue weighted by atomic mass is 10.1. The van der Waals surface area contributed by atoms with Crippen molar-refractivity contribution in [2.45, 2.75) is 39.5 Å². The van der Waals surface area contributed by atoms with Crippen LogP contribution in [-0.2, 0) is 17.9 Å². The van der Waals surface area contributed by atoms with Crippen molar-refractivity contribution in [2.24, 2.45) is 0 Å². The van der Waals surface area contributed by atoms with E-state index in [4.69, 9.17) is 14.2 Å². The van der Waals surface area contributed by atoms with Gasteiger partial charge in [0.1, 0.15) is 30.3 Å². The highest BCUT2D eigenvalue weighted by molar-refractivity contribution is 6.03. The minimum Gasteiger partial charge on any atom is -0.492 e. The van der Waals surface area contributed by atoms with Gasteiger partial charge in [0.25, 0.3) is 0 Å². The summed E-state index contributed by atoms with van der Waals surface area (Å²) in [5.41, 5.74) is 2.01. The molecule has 0 unspecified atom stereocenters. The van der Waals surface area contributed by atoms with Crippen molar-refractivity contribution >= 4 is 28.6 Å². The number of hydrogen-bond donors (Lipinski definition) is 2. The van der Waals surface area contributed by atoms with Crippen LogP contribution in [0.1, 0.15) is 32.0 Å². The average Bonchev–Trinajstić information content (AvgIpc) is 3.04. The van der Waals surface area contributed by atoms with Gasteiger partial charge in [-0.2, -0.15) is 0 Å². The van der Waals surface area contributed by atoms with Crippen LogP contribution in [0.5, 0.6) is 11.5 Å². The molecule has 2 N–H and O–H groups in total. The predicted molar refractivity (Wildman–Crippen MR) is 175 cm³/mol. The molecule has 5 rings (SSSR count). The van der Waals surface area contributed by atoms with Crippen molar-refractivity contribution in [3.05, 3.63) is 96.3 Å². The fourth-order valence-corrected chi connectivity index (χ4v) is 4.96. The Hall–Kier alpha value is -4.83.